The second kappa shape index (κ2) is 4.39. The predicted molar refractivity (Wildman–Crippen MR) is 63.5 cm³/mol. The van der Waals surface area contributed by atoms with Crippen molar-refractivity contribution >= 4 is 34.4 Å². The van der Waals surface area contributed by atoms with Crippen molar-refractivity contribution in [1.82, 2.24) is 15.2 Å². The standard InChI is InChI=1S/C9H7IN4O/c10-7-3-1-2-6(4-7)8(15)13-9-11-5-12-14-9/h1-5H,(H2,11,12,13,14,15). The molecule has 15 heavy (non-hydrogen) atoms. The van der Waals surface area contributed by atoms with E-state index in [1.165, 1.54) is 6.33 Å². The second-order valence-electron chi connectivity index (χ2n) is 2.79. The number of rotatable bonds is 2. The van der Waals surface area contributed by atoms with Crippen molar-refractivity contribution in [3.8, 4) is 0 Å². The number of aromatic amines is 1. The molecule has 0 unspecified atom stereocenters. The van der Waals surface area contributed by atoms with Gasteiger partial charge in [0.2, 0.25) is 5.95 Å². The molecule has 2 aromatic rings. The third-order valence-corrected chi connectivity index (χ3v) is 2.40. The van der Waals surface area contributed by atoms with Crippen LogP contribution in [0.1, 0.15) is 10.4 Å². The number of carbonyl (C=O) groups is 1. The van der Waals surface area contributed by atoms with Gasteiger partial charge in [-0.05, 0) is 40.8 Å². The Bertz CT molecular complexity index is 469. The van der Waals surface area contributed by atoms with Gasteiger partial charge in [0.1, 0.15) is 6.33 Å². The van der Waals surface area contributed by atoms with Crippen molar-refractivity contribution < 1.29 is 4.79 Å². The van der Waals surface area contributed by atoms with E-state index in [4.69, 9.17) is 0 Å². The molecule has 0 saturated carbocycles. The lowest BCUT2D eigenvalue weighted by molar-refractivity contribution is 0.102. The van der Waals surface area contributed by atoms with Gasteiger partial charge >= 0.3 is 0 Å². The normalized spacial score (nSPS) is 9.93. The largest absolute Gasteiger partial charge is 0.289 e. The number of H-pyrrole nitrogens is 1. The highest BCUT2D eigenvalue weighted by Gasteiger charge is 2.07. The maximum Gasteiger partial charge on any atom is 0.258 e. The number of halogens is 1. The minimum atomic E-state index is -0.215. The number of nitrogens with zero attached hydrogens (tertiary/aromatic N) is 2. The highest BCUT2D eigenvalue weighted by Crippen LogP contribution is 2.09. The SMILES string of the molecule is O=C(Nc1nc[nH]n1)c1cccc(I)c1. The van der Waals surface area contributed by atoms with Gasteiger partial charge in [-0.1, -0.05) is 6.07 Å². The van der Waals surface area contributed by atoms with Gasteiger partial charge in [-0.15, -0.1) is 5.10 Å². The van der Waals surface area contributed by atoms with Gasteiger partial charge in [-0.3, -0.25) is 15.2 Å². The van der Waals surface area contributed by atoms with Crippen molar-refractivity contribution in [2.45, 2.75) is 0 Å². The van der Waals surface area contributed by atoms with Crippen LogP contribution in [0.2, 0.25) is 0 Å². The molecule has 2 N–H and O–H groups in total. The summed E-state index contributed by atoms with van der Waals surface area (Å²) in [5.74, 6) is 0.0620. The van der Waals surface area contributed by atoms with Crippen molar-refractivity contribution in [1.29, 1.82) is 0 Å². The van der Waals surface area contributed by atoms with E-state index >= 15 is 0 Å². The predicted octanol–water partition coefficient (Wildman–Crippen LogP) is 1.66. The van der Waals surface area contributed by atoms with Gasteiger partial charge in [-0.25, -0.2) is 4.98 Å². The van der Waals surface area contributed by atoms with Crippen LogP contribution in [0.25, 0.3) is 0 Å². The summed E-state index contributed by atoms with van der Waals surface area (Å²) < 4.78 is 1.01. The number of benzene rings is 1. The fourth-order valence-electron chi connectivity index (χ4n) is 1.07. The Balaban J connectivity index is 2.15. The van der Waals surface area contributed by atoms with Gasteiger partial charge < -0.3 is 0 Å². The fraction of sp³-hybridized carbons (Fsp3) is 0. The van der Waals surface area contributed by atoms with Gasteiger partial charge in [-0.2, -0.15) is 0 Å². The molecule has 1 heterocycles. The first kappa shape index (κ1) is 10.1. The number of amides is 1. The number of nitrogens with one attached hydrogen (secondary N) is 2. The van der Waals surface area contributed by atoms with Crippen LogP contribution in [0.5, 0.6) is 0 Å². The molecule has 76 valence electrons. The first-order chi connectivity index (χ1) is 7.25. The number of anilines is 1. The van der Waals surface area contributed by atoms with E-state index in [0.717, 1.165) is 3.57 Å². The first-order valence-electron chi connectivity index (χ1n) is 4.18. The summed E-state index contributed by atoms with van der Waals surface area (Å²) in [7, 11) is 0. The quantitative estimate of drug-likeness (QED) is 0.828. The number of hydrogen-bond acceptors (Lipinski definition) is 3. The van der Waals surface area contributed by atoms with Crippen LogP contribution in [0.15, 0.2) is 30.6 Å². The van der Waals surface area contributed by atoms with Crippen LogP contribution in [0.3, 0.4) is 0 Å². The molecular weight excluding hydrogens is 307 g/mol. The highest BCUT2D eigenvalue weighted by molar-refractivity contribution is 14.1. The van der Waals surface area contributed by atoms with E-state index in [9.17, 15) is 4.79 Å². The van der Waals surface area contributed by atoms with Gasteiger partial charge in [0.25, 0.3) is 5.91 Å². The summed E-state index contributed by atoms with van der Waals surface area (Å²) in [5, 5.41) is 8.82. The Kier molecular flexibility index (Phi) is 2.95. The van der Waals surface area contributed by atoms with E-state index in [1.54, 1.807) is 12.1 Å². The molecule has 2 rings (SSSR count). The summed E-state index contributed by atoms with van der Waals surface area (Å²) in [6.45, 7) is 0. The Labute approximate surface area is 99.4 Å². The van der Waals surface area contributed by atoms with Crippen LogP contribution >= 0.6 is 22.6 Å². The maximum absolute atomic E-state index is 11.7. The molecule has 0 radical (unpaired) electrons. The minimum absolute atomic E-state index is 0.215. The van der Waals surface area contributed by atoms with Crippen LogP contribution < -0.4 is 5.32 Å². The van der Waals surface area contributed by atoms with Crippen molar-refractivity contribution in [2.24, 2.45) is 0 Å². The molecule has 0 aliphatic rings. The van der Waals surface area contributed by atoms with Crippen LogP contribution in [-0.2, 0) is 0 Å². The Hall–Kier alpha value is -1.44. The Morgan fingerprint density at radius 1 is 1.47 bits per heavy atom. The first-order valence-corrected chi connectivity index (χ1v) is 5.26. The number of aromatic nitrogens is 3. The molecule has 0 atom stereocenters. The zero-order valence-electron chi connectivity index (χ0n) is 7.57. The molecule has 6 heteroatoms. The monoisotopic (exact) mass is 314 g/mol. The molecular formula is C9H7IN4O. The zero-order valence-corrected chi connectivity index (χ0v) is 9.72. The lowest BCUT2D eigenvalue weighted by atomic mass is 10.2. The number of carbonyl (C=O) groups excluding carboxylic acids is 1. The smallest absolute Gasteiger partial charge is 0.258 e. The molecule has 0 saturated heterocycles. The molecule has 1 amide bonds. The zero-order chi connectivity index (χ0) is 10.7. The van der Waals surface area contributed by atoms with Gasteiger partial charge in [0.15, 0.2) is 0 Å². The van der Waals surface area contributed by atoms with E-state index in [1.807, 2.05) is 12.1 Å². The van der Waals surface area contributed by atoms with Crippen LogP contribution in [-0.4, -0.2) is 21.1 Å². The van der Waals surface area contributed by atoms with Crippen molar-refractivity contribution in [3.63, 3.8) is 0 Å². The summed E-state index contributed by atoms with van der Waals surface area (Å²) in [6, 6.07) is 7.28. The Morgan fingerprint density at radius 3 is 3.00 bits per heavy atom. The van der Waals surface area contributed by atoms with Crippen LogP contribution in [0, 0.1) is 3.57 Å². The molecule has 5 nitrogen and oxygen atoms in total. The third kappa shape index (κ3) is 2.52. The second-order valence-corrected chi connectivity index (χ2v) is 4.03. The topological polar surface area (TPSA) is 70.7 Å². The van der Waals surface area contributed by atoms with E-state index in [-0.39, 0.29) is 11.9 Å². The van der Waals surface area contributed by atoms with Gasteiger partial charge in [0, 0.05) is 9.13 Å². The van der Waals surface area contributed by atoms with Crippen LogP contribution in [0.4, 0.5) is 5.95 Å². The Morgan fingerprint density at radius 2 is 2.33 bits per heavy atom. The summed E-state index contributed by atoms with van der Waals surface area (Å²) in [5.41, 5.74) is 0.590. The summed E-state index contributed by atoms with van der Waals surface area (Å²) >= 11 is 2.15. The average molecular weight is 314 g/mol. The lowest BCUT2D eigenvalue weighted by Gasteiger charge is -2.00. The lowest BCUT2D eigenvalue weighted by Crippen LogP contribution is -2.12. The van der Waals surface area contributed by atoms with E-state index in [2.05, 4.69) is 43.1 Å². The molecule has 1 aromatic carbocycles. The molecule has 0 aliphatic carbocycles. The maximum atomic E-state index is 11.7. The highest BCUT2D eigenvalue weighted by atomic mass is 127. The molecule has 0 aliphatic heterocycles. The fourth-order valence-corrected chi connectivity index (χ4v) is 1.62. The molecule has 1 aromatic heterocycles. The van der Waals surface area contributed by atoms with Crippen molar-refractivity contribution in [3.05, 3.63) is 39.7 Å². The number of hydrogen-bond donors (Lipinski definition) is 2. The summed E-state index contributed by atoms with van der Waals surface area (Å²) in [4.78, 5) is 15.5. The third-order valence-electron chi connectivity index (χ3n) is 1.73. The van der Waals surface area contributed by atoms with E-state index in [0.29, 0.717) is 5.56 Å². The molecule has 0 fully saturated rings. The molecule has 0 spiro atoms. The minimum Gasteiger partial charge on any atom is -0.289 e. The molecule has 0 bridgehead atoms. The van der Waals surface area contributed by atoms with Crippen molar-refractivity contribution in [2.75, 3.05) is 5.32 Å². The average Bonchev–Trinajstić information content (AvgIpc) is 2.70. The summed E-state index contributed by atoms with van der Waals surface area (Å²) in [6.07, 6.45) is 1.41. The van der Waals surface area contributed by atoms with E-state index < -0.39 is 0 Å². The van der Waals surface area contributed by atoms with Gasteiger partial charge in [0.05, 0.1) is 0 Å².